The summed E-state index contributed by atoms with van der Waals surface area (Å²) in [5.74, 6) is 2.22. The van der Waals surface area contributed by atoms with Gasteiger partial charge in [-0.15, -0.1) is 0 Å². The maximum Gasteiger partial charge on any atom is 0.0349 e. The molecule has 0 radical (unpaired) electrons. The lowest BCUT2D eigenvalue weighted by atomic mass is 9.70. The van der Waals surface area contributed by atoms with Crippen LogP contribution in [0.5, 0.6) is 0 Å². The Bertz CT molecular complexity index is 322. The average Bonchev–Trinajstić information content (AvgIpc) is 2.20. The van der Waals surface area contributed by atoms with Gasteiger partial charge in [-0.05, 0) is 29.4 Å². The monoisotopic (exact) mass is 203 g/mol. The van der Waals surface area contributed by atoms with Crippen LogP contribution in [0.25, 0.3) is 0 Å². The minimum absolute atomic E-state index is 0.667. The highest BCUT2D eigenvalue weighted by molar-refractivity contribution is 5.49. The fraction of sp³-hybridized carbons (Fsp3) is 0.571. The van der Waals surface area contributed by atoms with Crippen molar-refractivity contribution in [2.45, 2.75) is 39.0 Å². The van der Waals surface area contributed by atoms with Gasteiger partial charge in [-0.1, -0.05) is 51.3 Å². The van der Waals surface area contributed by atoms with Gasteiger partial charge in [0.05, 0.1) is 0 Å². The SMILES string of the molecule is CC1CCCC(C)C1c1ccccc1N. The van der Waals surface area contributed by atoms with Gasteiger partial charge in [-0.3, -0.25) is 0 Å². The highest BCUT2D eigenvalue weighted by atomic mass is 14.6. The molecule has 1 saturated carbocycles. The van der Waals surface area contributed by atoms with Crippen LogP contribution in [0, 0.1) is 11.8 Å². The number of rotatable bonds is 1. The Hall–Kier alpha value is -0.980. The number of benzene rings is 1. The third-order valence-corrected chi connectivity index (χ3v) is 3.90. The molecule has 2 rings (SSSR count). The summed E-state index contributed by atoms with van der Waals surface area (Å²) in [6.07, 6.45) is 4.08. The Morgan fingerprint density at radius 1 is 1.07 bits per heavy atom. The van der Waals surface area contributed by atoms with E-state index in [1.54, 1.807) is 0 Å². The number of hydrogen-bond acceptors (Lipinski definition) is 1. The van der Waals surface area contributed by atoms with Gasteiger partial charge in [-0.2, -0.15) is 0 Å². The smallest absolute Gasteiger partial charge is 0.0349 e. The van der Waals surface area contributed by atoms with E-state index in [4.69, 9.17) is 5.73 Å². The lowest BCUT2D eigenvalue weighted by Crippen LogP contribution is -2.23. The van der Waals surface area contributed by atoms with Gasteiger partial charge in [0.25, 0.3) is 0 Å². The van der Waals surface area contributed by atoms with Crippen LogP contribution in [0.3, 0.4) is 0 Å². The molecule has 15 heavy (non-hydrogen) atoms. The average molecular weight is 203 g/mol. The van der Waals surface area contributed by atoms with E-state index in [9.17, 15) is 0 Å². The minimum Gasteiger partial charge on any atom is -0.398 e. The molecule has 0 bridgehead atoms. The van der Waals surface area contributed by atoms with Crippen molar-refractivity contribution in [3.8, 4) is 0 Å². The molecule has 0 aliphatic heterocycles. The predicted octanol–water partition coefficient (Wildman–Crippen LogP) is 3.81. The summed E-state index contributed by atoms with van der Waals surface area (Å²) in [7, 11) is 0. The van der Waals surface area contributed by atoms with Crippen LogP contribution >= 0.6 is 0 Å². The van der Waals surface area contributed by atoms with Crippen molar-refractivity contribution in [1.82, 2.24) is 0 Å². The molecule has 0 heterocycles. The Labute approximate surface area is 92.7 Å². The van der Waals surface area contributed by atoms with Gasteiger partial charge in [0.2, 0.25) is 0 Å². The lowest BCUT2D eigenvalue weighted by Gasteiger charge is -2.35. The molecule has 1 nitrogen and oxygen atoms in total. The topological polar surface area (TPSA) is 26.0 Å². The number of hydrogen-bond donors (Lipinski definition) is 1. The normalized spacial score (nSPS) is 31.5. The second-order valence-corrected chi connectivity index (χ2v) is 5.04. The third kappa shape index (κ3) is 2.01. The molecule has 1 heteroatoms. The Morgan fingerprint density at radius 2 is 1.67 bits per heavy atom. The van der Waals surface area contributed by atoms with Gasteiger partial charge in [-0.25, -0.2) is 0 Å². The fourth-order valence-electron chi connectivity index (χ4n) is 3.11. The van der Waals surface area contributed by atoms with E-state index in [2.05, 4.69) is 26.0 Å². The van der Waals surface area contributed by atoms with E-state index >= 15 is 0 Å². The van der Waals surface area contributed by atoms with Crippen LogP contribution in [0.2, 0.25) is 0 Å². The summed E-state index contributed by atoms with van der Waals surface area (Å²) in [4.78, 5) is 0. The van der Waals surface area contributed by atoms with Gasteiger partial charge in [0, 0.05) is 5.69 Å². The third-order valence-electron chi connectivity index (χ3n) is 3.90. The molecule has 0 saturated heterocycles. The summed E-state index contributed by atoms with van der Waals surface area (Å²) in [6, 6.07) is 8.37. The van der Waals surface area contributed by atoms with E-state index < -0.39 is 0 Å². The van der Waals surface area contributed by atoms with E-state index in [1.165, 1.54) is 24.8 Å². The van der Waals surface area contributed by atoms with E-state index in [-0.39, 0.29) is 0 Å². The molecule has 1 aromatic rings. The summed E-state index contributed by atoms with van der Waals surface area (Å²) in [5.41, 5.74) is 8.42. The van der Waals surface area contributed by atoms with Crippen LogP contribution in [0.1, 0.15) is 44.6 Å². The summed E-state index contributed by atoms with van der Waals surface area (Å²) < 4.78 is 0. The van der Waals surface area contributed by atoms with Crippen LogP contribution in [0.15, 0.2) is 24.3 Å². The first-order chi connectivity index (χ1) is 7.20. The standard InChI is InChI=1S/C14H21N/c1-10-6-5-7-11(2)14(10)12-8-3-4-9-13(12)15/h3-4,8-11,14H,5-7,15H2,1-2H3. The number of anilines is 1. The predicted molar refractivity (Wildman–Crippen MR) is 65.8 cm³/mol. The van der Waals surface area contributed by atoms with Gasteiger partial charge in [0.1, 0.15) is 0 Å². The Kier molecular flexibility index (Phi) is 2.99. The zero-order valence-corrected chi connectivity index (χ0v) is 9.74. The van der Waals surface area contributed by atoms with Crippen molar-refractivity contribution in [2.75, 3.05) is 5.73 Å². The molecule has 1 fully saturated rings. The van der Waals surface area contributed by atoms with Crippen LogP contribution in [-0.2, 0) is 0 Å². The molecule has 1 aromatic carbocycles. The molecule has 2 atom stereocenters. The second-order valence-electron chi connectivity index (χ2n) is 5.04. The first-order valence-corrected chi connectivity index (χ1v) is 6.04. The summed E-state index contributed by atoms with van der Waals surface area (Å²) in [6.45, 7) is 4.74. The maximum absolute atomic E-state index is 6.08. The van der Waals surface area contributed by atoms with Crippen LogP contribution in [0.4, 0.5) is 5.69 Å². The van der Waals surface area contributed by atoms with Gasteiger partial charge in [0.15, 0.2) is 0 Å². The number of nitrogen functional groups attached to an aromatic ring is 1. The highest BCUT2D eigenvalue weighted by Gasteiger charge is 2.29. The van der Waals surface area contributed by atoms with E-state index in [1.807, 2.05) is 12.1 Å². The summed E-state index contributed by atoms with van der Waals surface area (Å²) in [5, 5.41) is 0. The van der Waals surface area contributed by atoms with Crippen molar-refractivity contribution in [2.24, 2.45) is 11.8 Å². The van der Waals surface area contributed by atoms with Crippen molar-refractivity contribution < 1.29 is 0 Å². The van der Waals surface area contributed by atoms with Crippen LogP contribution < -0.4 is 5.73 Å². The first kappa shape index (κ1) is 10.5. The fourth-order valence-corrected chi connectivity index (χ4v) is 3.11. The molecule has 1 aliphatic rings. The minimum atomic E-state index is 0.667. The zero-order chi connectivity index (χ0) is 10.8. The second kappa shape index (κ2) is 4.26. The Balaban J connectivity index is 2.31. The molecular weight excluding hydrogens is 182 g/mol. The highest BCUT2D eigenvalue weighted by Crippen LogP contribution is 2.43. The van der Waals surface area contributed by atoms with E-state index in [0.29, 0.717) is 5.92 Å². The van der Waals surface area contributed by atoms with Gasteiger partial charge < -0.3 is 5.73 Å². The molecule has 1 aliphatic carbocycles. The van der Waals surface area contributed by atoms with Crippen molar-refractivity contribution >= 4 is 5.69 Å². The van der Waals surface area contributed by atoms with Crippen molar-refractivity contribution in [3.63, 3.8) is 0 Å². The molecule has 2 unspecified atom stereocenters. The summed E-state index contributed by atoms with van der Waals surface area (Å²) >= 11 is 0. The Morgan fingerprint density at radius 3 is 2.27 bits per heavy atom. The molecule has 0 amide bonds. The van der Waals surface area contributed by atoms with E-state index in [0.717, 1.165) is 17.5 Å². The first-order valence-electron chi connectivity index (χ1n) is 6.04. The van der Waals surface area contributed by atoms with Gasteiger partial charge >= 0.3 is 0 Å². The van der Waals surface area contributed by atoms with Crippen molar-refractivity contribution in [1.29, 1.82) is 0 Å². The van der Waals surface area contributed by atoms with Crippen molar-refractivity contribution in [3.05, 3.63) is 29.8 Å². The quantitative estimate of drug-likeness (QED) is 0.690. The number of nitrogens with two attached hydrogens (primary N) is 1. The molecule has 0 spiro atoms. The molecule has 82 valence electrons. The molecule has 2 N–H and O–H groups in total. The maximum atomic E-state index is 6.08. The molecular formula is C14H21N. The van der Waals surface area contributed by atoms with Crippen LogP contribution in [-0.4, -0.2) is 0 Å². The molecule has 0 aromatic heterocycles. The zero-order valence-electron chi connectivity index (χ0n) is 9.74. The lowest BCUT2D eigenvalue weighted by molar-refractivity contribution is 0.249. The number of para-hydroxylation sites is 1. The largest absolute Gasteiger partial charge is 0.398 e.